The lowest BCUT2D eigenvalue weighted by Crippen LogP contribution is -1.97. The molecule has 0 amide bonds. The number of hydrogen-bond donors (Lipinski definition) is 1. The van der Waals surface area contributed by atoms with Gasteiger partial charge in [-0.25, -0.2) is 0 Å². The second kappa shape index (κ2) is 10.5. The van der Waals surface area contributed by atoms with Crippen LogP contribution in [-0.2, 0) is 0 Å². The van der Waals surface area contributed by atoms with Crippen LogP contribution in [0.5, 0.6) is 0 Å². The average Bonchev–Trinajstić information content (AvgIpc) is 2.40. The number of hydrogen-bond acceptors (Lipinski definition) is 1. The Morgan fingerprint density at radius 2 is 1.35 bits per heavy atom. The lowest BCUT2D eigenvalue weighted by atomic mass is 10.0. The largest absolute Gasteiger partial charge is 0.388 e. The Morgan fingerprint density at radius 3 is 1.90 bits per heavy atom. The van der Waals surface area contributed by atoms with Crippen LogP contribution in [0.3, 0.4) is 0 Å². The summed E-state index contributed by atoms with van der Waals surface area (Å²) >= 11 is 11.9. The third-order valence-electron chi connectivity index (χ3n) is 3.60. The second-order valence-electron chi connectivity index (χ2n) is 5.48. The quantitative estimate of drug-likeness (QED) is 0.485. The molecule has 0 aliphatic carbocycles. The van der Waals surface area contributed by atoms with Crippen molar-refractivity contribution in [1.29, 1.82) is 0 Å². The van der Waals surface area contributed by atoms with E-state index in [1.165, 1.54) is 44.9 Å². The molecule has 0 aliphatic rings. The lowest BCUT2D eigenvalue weighted by Gasteiger charge is -2.11. The van der Waals surface area contributed by atoms with E-state index in [4.69, 9.17) is 23.2 Å². The summed E-state index contributed by atoms with van der Waals surface area (Å²) in [6, 6.07) is 5.28. The maximum atomic E-state index is 10.1. The van der Waals surface area contributed by atoms with Crippen LogP contribution in [0.1, 0.15) is 76.4 Å². The van der Waals surface area contributed by atoms with Crippen molar-refractivity contribution in [3.8, 4) is 0 Å². The standard InChI is InChI=1S/C17H26Cl2O/c1-2-3-4-5-6-7-8-9-10-17(20)14-11-15(18)13-16(19)12-14/h11-13,17,20H,2-10H2,1H3. The first-order valence-electron chi connectivity index (χ1n) is 7.77. The van der Waals surface area contributed by atoms with E-state index in [-0.39, 0.29) is 0 Å². The Bertz CT molecular complexity index is 359. The molecule has 1 N–H and O–H groups in total. The Kier molecular flexibility index (Phi) is 9.33. The Labute approximate surface area is 133 Å². The van der Waals surface area contributed by atoms with Crippen LogP contribution in [0.25, 0.3) is 0 Å². The molecule has 20 heavy (non-hydrogen) atoms. The lowest BCUT2D eigenvalue weighted by molar-refractivity contribution is 0.163. The number of rotatable bonds is 10. The Morgan fingerprint density at radius 1 is 0.850 bits per heavy atom. The fraction of sp³-hybridized carbons (Fsp3) is 0.647. The van der Waals surface area contributed by atoms with Gasteiger partial charge in [0.2, 0.25) is 0 Å². The zero-order valence-electron chi connectivity index (χ0n) is 12.4. The minimum atomic E-state index is -0.453. The molecule has 0 aromatic heterocycles. The van der Waals surface area contributed by atoms with Crippen molar-refractivity contribution < 1.29 is 5.11 Å². The normalized spacial score (nSPS) is 12.6. The SMILES string of the molecule is CCCCCCCCCCC(O)c1cc(Cl)cc(Cl)c1. The van der Waals surface area contributed by atoms with Crippen LogP contribution in [0.15, 0.2) is 18.2 Å². The van der Waals surface area contributed by atoms with Gasteiger partial charge in [0.1, 0.15) is 0 Å². The maximum absolute atomic E-state index is 10.1. The molecular formula is C17H26Cl2O. The summed E-state index contributed by atoms with van der Waals surface area (Å²) < 4.78 is 0. The third-order valence-corrected chi connectivity index (χ3v) is 4.04. The number of aliphatic hydroxyl groups excluding tert-OH is 1. The van der Waals surface area contributed by atoms with Crippen molar-refractivity contribution in [2.75, 3.05) is 0 Å². The molecule has 3 heteroatoms. The summed E-state index contributed by atoms with van der Waals surface area (Å²) in [5.74, 6) is 0. The fourth-order valence-electron chi connectivity index (χ4n) is 2.41. The summed E-state index contributed by atoms with van der Waals surface area (Å²) in [4.78, 5) is 0. The highest BCUT2D eigenvalue weighted by molar-refractivity contribution is 6.34. The molecule has 1 unspecified atom stereocenters. The first kappa shape index (κ1) is 17.8. The summed E-state index contributed by atoms with van der Waals surface area (Å²) in [6.07, 6.45) is 10.5. The molecule has 0 saturated heterocycles. The van der Waals surface area contributed by atoms with Gasteiger partial charge in [-0.2, -0.15) is 0 Å². The monoisotopic (exact) mass is 316 g/mol. The van der Waals surface area contributed by atoms with Gasteiger partial charge < -0.3 is 5.11 Å². The van der Waals surface area contributed by atoms with Gasteiger partial charge in [-0.1, -0.05) is 81.5 Å². The van der Waals surface area contributed by atoms with Crippen molar-refractivity contribution in [3.05, 3.63) is 33.8 Å². The molecule has 1 aromatic carbocycles. The van der Waals surface area contributed by atoms with Crippen molar-refractivity contribution in [2.24, 2.45) is 0 Å². The van der Waals surface area contributed by atoms with E-state index >= 15 is 0 Å². The van der Waals surface area contributed by atoms with Gasteiger partial charge in [-0.05, 0) is 30.2 Å². The van der Waals surface area contributed by atoms with Crippen LogP contribution in [0.2, 0.25) is 10.0 Å². The smallest absolute Gasteiger partial charge is 0.0791 e. The highest BCUT2D eigenvalue weighted by Gasteiger charge is 2.09. The summed E-state index contributed by atoms with van der Waals surface area (Å²) in [5.41, 5.74) is 0.824. The highest BCUT2D eigenvalue weighted by atomic mass is 35.5. The van der Waals surface area contributed by atoms with Crippen molar-refractivity contribution in [2.45, 2.75) is 70.8 Å². The molecule has 0 saturated carbocycles. The number of benzene rings is 1. The predicted octanol–water partition coefficient (Wildman–Crippen LogP) is 6.56. The number of unbranched alkanes of at least 4 members (excludes halogenated alkanes) is 7. The molecule has 0 aliphatic heterocycles. The van der Waals surface area contributed by atoms with Crippen molar-refractivity contribution >= 4 is 23.2 Å². The molecule has 0 spiro atoms. The van der Waals surface area contributed by atoms with E-state index in [0.29, 0.717) is 10.0 Å². The summed E-state index contributed by atoms with van der Waals surface area (Å²) in [5, 5.41) is 11.3. The van der Waals surface area contributed by atoms with E-state index in [2.05, 4.69) is 6.92 Å². The zero-order chi connectivity index (χ0) is 14.8. The molecule has 0 fully saturated rings. The zero-order valence-corrected chi connectivity index (χ0v) is 13.9. The first-order valence-corrected chi connectivity index (χ1v) is 8.53. The molecule has 114 valence electrons. The molecule has 0 radical (unpaired) electrons. The van der Waals surface area contributed by atoms with E-state index in [0.717, 1.165) is 18.4 Å². The molecule has 1 nitrogen and oxygen atoms in total. The van der Waals surface area contributed by atoms with Gasteiger partial charge in [0, 0.05) is 10.0 Å². The van der Waals surface area contributed by atoms with Crippen LogP contribution >= 0.6 is 23.2 Å². The maximum Gasteiger partial charge on any atom is 0.0791 e. The van der Waals surface area contributed by atoms with Gasteiger partial charge in [0.15, 0.2) is 0 Å². The number of aliphatic hydroxyl groups is 1. The van der Waals surface area contributed by atoms with Gasteiger partial charge in [-0.3, -0.25) is 0 Å². The van der Waals surface area contributed by atoms with Gasteiger partial charge in [0.25, 0.3) is 0 Å². The second-order valence-corrected chi connectivity index (χ2v) is 6.36. The topological polar surface area (TPSA) is 20.2 Å². The Hall–Kier alpha value is -0.240. The first-order chi connectivity index (χ1) is 9.63. The van der Waals surface area contributed by atoms with E-state index in [1.54, 1.807) is 18.2 Å². The van der Waals surface area contributed by atoms with Gasteiger partial charge in [0.05, 0.1) is 6.10 Å². The molecule has 0 heterocycles. The van der Waals surface area contributed by atoms with Gasteiger partial charge in [-0.15, -0.1) is 0 Å². The molecule has 0 bridgehead atoms. The van der Waals surface area contributed by atoms with Crippen molar-refractivity contribution in [3.63, 3.8) is 0 Å². The summed E-state index contributed by atoms with van der Waals surface area (Å²) in [7, 11) is 0. The van der Waals surface area contributed by atoms with Gasteiger partial charge >= 0.3 is 0 Å². The van der Waals surface area contributed by atoms with Crippen LogP contribution in [-0.4, -0.2) is 5.11 Å². The van der Waals surface area contributed by atoms with E-state index in [9.17, 15) is 5.11 Å². The van der Waals surface area contributed by atoms with Crippen LogP contribution in [0.4, 0.5) is 0 Å². The number of halogens is 2. The Balaban J connectivity index is 2.15. The van der Waals surface area contributed by atoms with Crippen LogP contribution in [0, 0.1) is 0 Å². The average molecular weight is 317 g/mol. The third kappa shape index (κ3) is 7.52. The fourth-order valence-corrected chi connectivity index (χ4v) is 2.95. The minimum absolute atomic E-state index is 0.453. The van der Waals surface area contributed by atoms with Crippen molar-refractivity contribution in [1.82, 2.24) is 0 Å². The molecular weight excluding hydrogens is 291 g/mol. The molecule has 1 aromatic rings. The predicted molar refractivity (Wildman–Crippen MR) is 88.6 cm³/mol. The minimum Gasteiger partial charge on any atom is -0.388 e. The highest BCUT2D eigenvalue weighted by Crippen LogP contribution is 2.26. The summed E-state index contributed by atoms with van der Waals surface area (Å²) in [6.45, 7) is 2.24. The van der Waals surface area contributed by atoms with E-state index in [1.807, 2.05) is 0 Å². The van der Waals surface area contributed by atoms with E-state index < -0.39 is 6.10 Å². The molecule has 1 rings (SSSR count). The van der Waals surface area contributed by atoms with Crippen LogP contribution < -0.4 is 0 Å². The molecule has 1 atom stereocenters.